The van der Waals surface area contributed by atoms with Gasteiger partial charge in [-0.25, -0.2) is 0 Å². The van der Waals surface area contributed by atoms with Crippen LogP contribution in [0.4, 0.5) is 5.69 Å². The molecule has 0 atom stereocenters. The average molecular weight is 334 g/mol. The third kappa shape index (κ3) is 3.67. The maximum atomic E-state index is 12.5. The maximum Gasteiger partial charge on any atom is 0.231 e. The molecule has 124 valence electrons. The quantitative estimate of drug-likeness (QED) is 0.527. The largest absolute Gasteiger partial charge is 0.454 e. The number of anilines is 1. The zero-order valence-electron chi connectivity index (χ0n) is 13.4. The first-order chi connectivity index (χ1) is 12.1. The number of hydrogen-bond donors (Lipinski definition) is 1. The number of ether oxygens (including phenoxy) is 2. The van der Waals surface area contributed by atoms with Crippen molar-refractivity contribution in [3.05, 3.63) is 59.2 Å². The topological polar surface area (TPSA) is 88.4 Å². The van der Waals surface area contributed by atoms with E-state index in [1.165, 1.54) is 13.0 Å². The van der Waals surface area contributed by atoms with Crippen LogP contribution in [0.3, 0.4) is 0 Å². The van der Waals surface area contributed by atoms with E-state index >= 15 is 0 Å². The van der Waals surface area contributed by atoms with Gasteiger partial charge in [-0.3, -0.25) is 9.59 Å². The van der Waals surface area contributed by atoms with Crippen LogP contribution in [0.5, 0.6) is 11.5 Å². The van der Waals surface area contributed by atoms with E-state index in [9.17, 15) is 14.9 Å². The van der Waals surface area contributed by atoms with Crippen molar-refractivity contribution in [1.29, 1.82) is 5.26 Å². The fourth-order valence-electron chi connectivity index (χ4n) is 2.37. The summed E-state index contributed by atoms with van der Waals surface area (Å²) in [6, 6.07) is 13.6. The Morgan fingerprint density at radius 2 is 1.84 bits per heavy atom. The number of nitrogens with zero attached hydrogens (tertiary/aromatic N) is 1. The van der Waals surface area contributed by atoms with Gasteiger partial charge < -0.3 is 14.8 Å². The van der Waals surface area contributed by atoms with Gasteiger partial charge in [-0.2, -0.15) is 5.26 Å². The number of nitrogens with one attached hydrogen (secondary N) is 1. The van der Waals surface area contributed by atoms with E-state index in [1.54, 1.807) is 42.5 Å². The number of fused-ring (bicyclic) bond motifs is 1. The first-order valence-electron chi connectivity index (χ1n) is 7.50. The van der Waals surface area contributed by atoms with Crippen LogP contribution in [0.15, 0.2) is 48.0 Å². The van der Waals surface area contributed by atoms with Crippen molar-refractivity contribution in [3.63, 3.8) is 0 Å². The van der Waals surface area contributed by atoms with Gasteiger partial charge in [0.2, 0.25) is 18.5 Å². The summed E-state index contributed by atoms with van der Waals surface area (Å²) in [5.74, 6) is 0.501. The molecular formula is C19H14N2O4. The third-order valence-corrected chi connectivity index (χ3v) is 3.54. The molecule has 1 aliphatic heterocycles. The number of rotatable bonds is 4. The predicted molar refractivity (Wildman–Crippen MR) is 91.2 cm³/mol. The molecular weight excluding hydrogens is 320 g/mol. The highest BCUT2D eigenvalue weighted by atomic mass is 16.7. The Labute approximate surface area is 144 Å². The van der Waals surface area contributed by atoms with E-state index in [-0.39, 0.29) is 18.3 Å². The Hall–Kier alpha value is -3.59. The summed E-state index contributed by atoms with van der Waals surface area (Å²) >= 11 is 0. The Bertz CT molecular complexity index is 908. The maximum absolute atomic E-state index is 12.5. The summed E-state index contributed by atoms with van der Waals surface area (Å²) in [4.78, 5) is 23.6. The van der Waals surface area contributed by atoms with Gasteiger partial charge in [0.05, 0.1) is 0 Å². The fourth-order valence-corrected chi connectivity index (χ4v) is 2.37. The Morgan fingerprint density at radius 3 is 2.52 bits per heavy atom. The molecule has 6 nitrogen and oxygen atoms in total. The summed E-state index contributed by atoms with van der Waals surface area (Å²) in [6.07, 6.45) is 1.50. The second-order valence-electron chi connectivity index (χ2n) is 5.37. The number of amides is 1. The highest BCUT2D eigenvalue weighted by Gasteiger charge is 2.18. The number of ketones is 1. The fraction of sp³-hybridized carbons (Fsp3) is 0.105. The van der Waals surface area contributed by atoms with Crippen LogP contribution in [0.1, 0.15) is 22.8 Å². The van der Waals surface area contributed by atoms with Crippen LogP contribution in [0.2, 0.25) is 0 Å². The number of nitriles is 1. The Morgan fingerprint density at radius 1 is 1.12 bits per heavy atom. The van der Waals surface area contributed by atoms with Gasteiger partial charge in [-0.15, -0.1) is 0 Å². The zero-order valence-corrected chi connectivity index (χ0v) is 13.4. The average Bonchev–Trinajstić information content (AvgIpc) is 3.07. The van der Waals surface area contributed by atoms with Gasteiger partial charge in [0.25, 0.3) is 0 Å². The van der Waals surface area contributed by atoms with E-state index in [1.807, 2.05) is 6.07 Å². The van der Waals surface area contributed by atoms with Crippen molar-refractivity contribution in [2.24, 2.45) is 0 Å². The molecule has 6 heteroatoms. The second kappa shape index (κ2) is 6.89. The number of carbonyl (C=O) groups is 2. The molecule has 25 heavy (non-hydrogen) atoms. The lowest BCUT2D eigenvalue weighted by Gasteiger charge is -2.04. The summed E-state index contributed by atoms with van der Waals surface area (Å²) < 4.78 is 10.5. The minimum Gasteiger partial charge on any atom is -0.454 e. The lowest BCUT2D eigenvalue weighted by atomic mass is 10.0. The van der Waals surface area contributed by atoms with Gasteiger partial charge in [-0.1, -0.05) is 12.1 Å². The van der Waals surface area contributed by atoms with Crippen molar-refractivity contribution in [2.45, 2.75) is 6.92 Å². The molecule has 1 N–H and O–H groups in total. The van der Waals surface area contributed by atoms with Gasteiger partial charge in [0, 0.05) is 18.2 Å². The lowest BCUT2D eigenvalue weighted by Crippen LogP contribution is -2.05. The normalized spacial score (nSPS) is 12.4. The van der Waals surface area contributed by atoms with E-state index < -0.39 is 5.78 Å². The van der Waals surface area contributed by atoms with Crippen LogP contribution >= 0.6 is 0 Å². The smallest absolute Gasteiger partial charge is 0.231 e. The predicted octanol–water partition coefficient (Wildman–Crippen LogP) is 3.16. The molecule has 0 spiro atoms. The van der Waals surface area contributed by atoms with Crippen molar-refractivity contribution in [3.8, 4) is 17.6 Å². The highest BCUT2D eigenvalue weighted by Crippen LogP contribution is 2.33. The van der Waals surface area contributed by atoms with Crippen molar-refractivity contribution >= 4 is 23.5 Å². The van der Waals surface area contributed by atoms with Crippen LogP contribution in [0, 0.1) is 11.3 Å². The molecule has 2 aromatic rings. The van der Waals surface area contributed by atoms with Crippen molar-refractivity contribution in [2.75, 3.05) is 12.1 Å². The van der Waals surface area contributed by atoms with Crippen LogP contribution in [-0.4, -0.2) is 18.5 Å². The summed E-state index contributed by atoms with van der Waals surface area (Å²) in [5, 5.41) is 12.0. The number of Topliss-reactive ketones (excluding diaryl/α,β-unsaturated/α-hetero) is 1. The standard InChI is InChI=1S/C19H14N2O4/c1-12(22)21-16-5-2-13(3-6-16)8-15(10-20)19(23)14-4-7-17-18(9-14)25-11-24-17/h2-9H,11H2,1H3,(H,21,22)/b15-8-. The third-order valence-electron chi connectivity index (χ3n) is 3.54. The Kier molecular flexibility index (Phi) is 4.48. The van der Waals surface area contributed by atoms with Crippen LogP contribution in [-0.2, 0) is 4.79 Å². The molecule has 0 saturated heterocycles. The first-order valence-corrected chi connectivity index (χ1v) is 7.50. The molecule has 0 bridgehead atoms. The van der Waals surface area contributed by atoms with Crippen molar-refractivity contribution in [1.82, 2.24) is 0 Å². The van der Waals surface area contributed by atoms with Gasteiger partial charge in [0.15, 0.2) is 11.5 Å². The zero-order chi connectivity index (χ0) is 17.8. The van der Waals surface area contributed by atoms with E-state index in [2.05, 4.69) is 5.32 Å². The molecule has 1 aliphatic rings. The monoisotopic (exact) mass is 334 g/mol. The highest BCUT2D eigenvalue weighted by molar-refractivity contribution is 6.14. The molecule has 0 saturated carbocycles. The molecule has 1 heterocycles. The second-order valence-corrected chi connectivity index (χ2v) is 5.37. The summed E-state index contributed by atoms with van der Waals surface area (Å²) in [7, 11) is 0. The Balaban J connectivity index is 1.84. The van der Waals surface area contributed by atoms with E-state index in [0.717, 1.165) is 0 Å². The molecule has 1 amide bonds. The van der Waals surface area contributed by atoms with Gasteiger partial charge in [0.1, 0.15) is 11.6 Å². The molecule has 2 aromatic carbocycles. The SMILES string of the molecule is CC(=O)Nc1ccc(/C=C(/C#N)C(=O)c2ccc3c(c2)OCO3)cc1. The summed E-state index contributed by atoms with van der Waals surface area (Å²) in [5.41, 5.74) is 1.68. The number of benzene rings is 2. The molecule has 0 radical (unpaired) electrons. The number of carbonyl (C=O) groups excluding carboxylic acids is 2. The lowest BCUT2D eigenvalue weighted by molar-refractivity contribution is -0.114. The van der Waals surface area contributed by atoms with Gasteiger partial charge in [-0.05, 0) is 42.0 Å². The van der Waals surface area contributed by atoms with Crippen LogP contribution in [0.25, 0.3) is 6.08 Å². The van der Waals surface area contributed by atoms with Gasteiger partial charge >= 0.3 is 0 Å². The molecule has 3 rings (SSSR count). The van der Waals surface area contributed by atoms with Crippen LogP contribution < -0.4 is 14.8 Å². The van der Waals surface area contributed by atoms with E-state index in [4.69, 9.17) is 9.47 Å². The molecule has 0 aliphatic carbocycles. The molecule has 0 fully saturated rings. The first kappa shape index (κ1) is 16.3. The van der Waals surface area contributed by atoms with E-state index in [0.29, 0.717) is 28.3 Å². The minimum absolute atomic E-state index is 0.00569. The number of allylic oxidation sites excluding steroid dienone is 1. The molecule has 0 aromatic heterocycles. The summed E-state index contributed by atoms with van der Waals surface area (Å²) in [6.45, 7) is 1.54. The van der Waals surface area contributed by atoms with Crippen molar-refractivity contribution < 1.29 is 19.1 Å². The number of hydrogen-bond acceptors (Lipinski definition) is 5. The molecule has 0 unspecified atom stereocenters. The minimum atomic E-state index is -0.397.